The van der Waals surface area contributed by atoms with Gasteiger partial charge in [-0.1, -0.05) is 30.3 Å². The number of esters is 1. The number of nitrogens with zero attached hydrogens (tertiary/aromatic N) is 2. The van der Waals surface area contributed by atoms with Crippen LogP contribution in [-0.2, 0) is 25.7 Å². The second kappa shape index (κ2) is 9.42. The Bertz CT molecular complexity index is 686. The summed E-state index contributed by atoms with van der Waals surface area (Å²) in [5.74, 6) is -1.39. The first-order valence-electron chi connectivity index (χ1n) is 8.40. The normalized spacial score (nSPS) is 17.1. The Balaban J connectivity index is 1.93. The average molecular weight is 359 g/mol. The largest absolute Gasteiger partial charge is 0.464 e. The molecule has 26 heavy (non-hydrogen) atoms. The van der Waals surface area contributed by atoms with Crippen molar-refractivity contribution in [2.45, 2.75) is 38.5 Å². The molecule has 2 amide bonds. The lowest BCUT2D eigenvalue weighted by Gasteiger charge is -2.24. The topological polar surface area (TPSA) is 109 Å². The van der Waals surface area contributed by atoms with Gasteiger partial charge in [0.2, 0.25) is 11.9 Å². The highest BCUT2D eigenvalue weighted by Gasteiger charge is 2.37. The van der Waals surface area contributed by atoms with Gasteiger partial charge < -0.3 is 14.8 Å². The van der Waals surface area contributed by atoms with Gasteiger partial charge >= 0.3 is 12.1 Å². The number of rotatable bonds is 6. The van der Waals surface area contributed by atoms with Crippen molar-refractivity contribution in [2.75, 3.05) is 13.2 Å². The number of hydrogen-bond donors (Lipinski definition) is 1. The van der Waals surface area contributed by atoms with Crippen LogP contribution in [0.15, 0.2) is 30.3 Å². The summed E-state index contributed by atoms with van der Waals surface area (Å²) in [6, 6.07) is 8.72. The van der Waals surface area contributed by atoms with Crippen LogP contribution in [0, 0.1) is 11.3 Å². The molecule has 8 heteroatoms. The van der Waals surface area contributed by atoms with E-state index in [0.717, 1.165) is 5.56 Å². The second-order valence-electron chi connectivity index (χ2n) is 5.71. The van der Waals surface area contributed by atoms with Gasteiger partial charge in [0.15, 0.2) is 0 Å². The molecule has 1 aliphatic heterocycles. The Labute approximate surface area is 151 Å². The highest BCUT2D eigenvalue weighted by Crippen LogP contribution is 2.19. The molecule has 1 saturated heterocycles. The van der Waals surface area contributed by atoms with Gasteiger partial charge in [0.25, 0.3) is 0 Å². The number of amides is 2. The molecular weight excluding hydrogens is 338 g/mol. The maximum Gasteiger partial charge on any atom is 0.410 e. The molecular formula is C18H21N3O5. The van der Waals surface area contributed by atoms with Crippen LogP contribution in [0.4, 0.5) is 4.79 Å². The van der Waals surface area contributed by atoms with E-state index in [2.05, 4.69) is 5.32 Å². The maximum absolute atomic E-state index is 12.4. The number of benzene rings is 1. The first kappa shape index (κ1) is 19.2. The van der Waals surface area contributed by atoms with E-state index in [0.29, 0.717) is 19.4 Å². The fraction of sp³-hybridized carbons (Fsp3) is 0.444. The van der Waals surface area contributed by atoms with E-state index in [1.54, 1.807) is 13.0 Å². The lowest BCUT2D eigenvalue weighted by Crippen LogP contribution is -2.50. The van der Waals surface area contributed by atoms with Crippen LogP contribution in [0.1, 0.15) is 25.3 Å². The summed E-state index contributed by atoms with van der Waals surface area (Å²) < 4.78 is 10.00. The Kier molecular flexibility index (Phi) is 6.97. The SMILES string of the molecule is CCOC(=O)C(C#N)NC(=O)[C@H]1CCCN1C(=O)OCc1ccccc1. The Morgan fingerprint density at radius 3 is 2.69 bits per heavy atom. The second-order valence-corrected chi connectivity index (χ2v) is 5.71. The highest BCUT2D eigenvalue weighted by atomic mass is 16.6. The van der Waals surface area contributed by atoms with Crippen molar-refractivity contribution in [1.29, 1.82) is 5.26 Å². The molecule has 8 nitrogen and oxygen atoms in total. The molecule has 1 aliphatic rings. The summed E-state index contributed by atoms with van der Waals surface area (Å²) in [5.41, 5.74) is 0.841. The fourth-order valence-corrected chi connectivity index (χ4v) is 2.67. The van der Waals surface area contributed by atoms with Gasteiger partial charge in [0.1, 0.15) is 12.6 Å². The third-order valence-electron chi connectivity index (χ3n) is 3.93. The van der Waals surface area contributed by atoms with Crippen LogP contribution in [0.5, 0.6) is 0 Å². The van der Waals surface area contributed by atoms with Crippen LogP contribution in [0.2, 0.25) is 0 Å². The van der Waals surface area contributed by atoms with Crippen LogP contribution < -0.4 is 5.32 Å². The van der Waals surface area contributed by atoms with E-state index < -0.39 is 30.1 Å². The van der Waals surface area contributed by atoms with Gasteiger partial charge in [0, 0.05) is 6.54 Å². The minimum Gasteiger partial charge on any atom is -0.464 e. The van der Waals surface area contributed by atoms with Crippen LogP contribution in [0.25, 0.3) is 0 Å². The van der Waals surface area contributed by atoms with Gasteiger partial charge in [-0.15, -0.1) is 0 Å². The van der Waals surface area contributed by atoms with Crippen molar-refractivity contribution >= 4 is 18.0 Å². The molecule has 2 rings (SSSR count). The Hall–Kier alpha value is -3.08. The standard InChI is InChI=1S/C18H21N3O5/c1-2-25-17(23)14(11-19)20-16(22)15-9-6-10-21(15)18(24)26-12-13-7-4-3-5-8-13/h3-5,7-8,14-15H,2,6,9-10,12H2,1H3,(H,20,22)/t14?,15-/m1/s1. The zero-order chi connectivity index (χ0) is 18.9. The molecule has 0 aliphatic carbocycles. The molecule has 138 valence electrons. The molecule has 1 fully saturated rings. The van der Waals surface area contributed by atoms with E-state index in [-0.39, 0.29) is 13.2 Å². The van der Waals surface area contributed by atoms with Crippen molar-refractivity contribution in [2.24, 2.45) is 0 Å². The molecule has 0 bridgehead atoms. The molecule has 1 aromatic carbocycles. The lowest BCUT2D eigenvalue weighted by molar-refractivity contribution is -0.146. The van der Waals surface area contributed by atoms with E-state index >= 15 is 0 Å². The van der Waals surface area contributed by atoms with Crippen LogP contribution >= 0.6 is 0 Å². The molecule has 1 aromatic rings. The number of carbonyl (C=O) groups excluding carboxylic acids is 3. The average Bonchev–Trinajstić information content (AvgIpc) is 3.15. The van der Waals surface area contributed by atoms with Crippen molar-refractivity contribution in [3.8, 4) is 6.07 Å². The van der Waals surface area contributed by atoms with Crippen molar-refractivity contribution in [3.63, 3.8) is 0 Å². The summed E-state index contributed by atoms with van der Waals surface area (Å²) in [5, 5.41) is 11.4. The number of likely N-dealkylation sites (tertiary alicyclic amines) is 1. The quantitative estimate of drug-likeness (QED) is 0.768. The summed E-state index contributed by atoms with van der Waals surface area (Å²) in [4.78, 5) is 37.6. The molecule has 0 saturated carbocycles. The van der Waals surface area contributed by atoms with Gasteiger partial charge in [-0.05, 0) is 25.3 Å². The minimum atomic E-state index is -1.40. The summed E-state index contributed by atoms with van der Waals surface area (Å²) in [7, 11) is 0. The molecule has 1 heterocycles. The highest BCUT2D eigenvalue weighted by molar-refractivity contribution is 5.91. The zero-order valence-corrected chi connectivity index (χ0v) is 14.5. The predicted molar refractivity (Wildman–Crippen MR) is 90.5 cm³/mol. The molecule has 1 N–H and O–H groups in total. The maximum atomic E-state index is 12.4. The van der Waals surface area contributed by atoms with Crippen molar-refractivity contribution in [3.05, 3.63) is 35.9 Å². The van der Waals surface area contributed by atoms with Crippen molar-refractivity contribution in [1.82, 2.24) is 10.2 Å². The smallest absolute Gasteiger partial charge is 0.410 e. The summed E-state index contributed by atoms with van der Waals surface area (Å²) >= 11 is 0. The summed E-state index contributed by atoms with van der Waals surface area (Å²) in [6.45, 7) is 2.19. The first-order chi connectivity index (χ1) is 12.6. The number of nitriles is 1. The van der Waals surface area contributed by atoms with Gasteiger partial charge in [0.05, 0.1) is 12.7 Å². The third-order valence-corrected chi connectivity index (χ3v) is 3.93. The van der Waals surface area contributed by atoms with E-state index in [1.807, 2.05) is 30.3 Å². The number of ether oxygens (including phenoxy) is 2. The third kappa shape index (κ3) is 4.96. The molecule has 2 atom stereocenters. The van der Waals surface area contributed by atoms with Gasteiger partial charge in [-0.25, -0.2) is 9.59 Å². The van der Waals surface area contributed by atoms with Crippen LogP contribution in [0.3, 0.4) is 0 Å². The number of carbonyl (C=O) groups is 3. The predicted octanol–water partition coefficient (Wildman–Crippen LogP) is 1.36. The van der Waals surface area contributed by atoms with E-state index in [4.69, 9.17) is 14.7 Å². The Morgan fingerprint density at radius 1 is 1.31 bits per heavy atom. The monoisotopic (exact) mass is 359 g/mol. The molecule has 1 unspecified atom stereocenters. The van der Waals surface area contributed by atoms with Crippen molar-refractivity contribution < 1.29 is 23.9 Å². The minimum absolute atomic E-state index is 0.105. The van der Waals surface area contributed by atoms with E-state index in [9.17, 15) is 14.4 Å². The summed E-state index contributed by atoms with van der Waals surface area (Å²) in [6.07, 6.45) is 0.471. The molecule has 0 radical (unpaired) electrons. The molecule has 0 spiro atoms. The zero-order valence-electron chi connectivity index (χ0n) is 14.5. The fourth-order valence-electron chi connectivity index (χ4n) is 2.67. The van der Waals surface area contributed by atoms with E-state index in [1.165, 1.54) is 4.90 Å². The van der Waals surface area contributed by atoms with Gasteiger partial charge in [-0.3, -0.25) is 9.69 Å². The number of nitrogens with one attached hydrogen (secondary N) is 1. The van der Waals surface area contributed by atoms with Gasteiger partial charge in [-0.2, -0.15) is 5.26 Å². The lowest BCUT2D eigenvalue weighted by atomic mass is 10.2. The van der Waals surface area contributed by atoms with Crippen LogP contribution in [-0.4, -0.2) is 48.1 Å². The first-order valence-corrected chi connectivity index (χ1v) is 8.40. The number of hydrogen-bond acceptors (Lipinski definition) is 6. The Morgan fingerprint density at radius 2 is 2.04 bits per heavy atom. The molecule has 0 aromatic heterocycles.